The van der Waals surface area contributed by atoms with E-state index in [0.29, 0.717) is 0 Å². The van der Waals surface area contributed by atoms with Crippen molar-refractivity contribution in [2.24, 2.45) is 5.92 Å². The maximum atomic E-state index is 4.65. The molecular formula is C15H27N3. The molecule has 0 bridgehead atoms. The third-order valence-corrected chi connectivity index (χ3v) is 4.05. The highest BCUT2D eigenvalue weighted by atomic mass is 15.3. The van der Waals surface area contributed by atoms with Gasteiger partial charge in [0.25, 0.3) is 0 Å². The van der Waals surface area contributed by atoms with Crippen molar-refractivity contribution in [3.8, 4) is 0 Å². The van der Waals surface area contributed by atoms with Crippen LogP contribution >= 0.6 is 0 Å². The van der Waals surface area contributed by atoms with Gasteiger partial charge < -0.3 is 5.32 Å². The lowest BCUT2D eigenvalue weighted by Crippen LogP contribution is -2.26. The van der Waals surface area contributed by atoms with Gasteiger partial charge in [-0.15, -0.1) is 0 Å². The Labute approximate surface area is 111 Å². The quantitative estimate of drug-likeness (QED) is 0.753. The third kappa shape index (κ3) is 3.58. The second kappa shape index (κ2) is 6.93. The van der Waals surface area contributed by atoms with Crippen molar-refractivity contribution in [1.82, 2.24) is 15.1 Å². The van der Waals surface area contributed by atoms with Crippen LogP contribution in [0.25, 0.3) is 0 Å². The Morgan fingerprint density at radius 1 is 1.28 bits per heavy atom. The van der Waals surface area contributed by atoms with E-state index in [1.165, 1.54) is 43.6 Å². The molecule has 1 N–H and O–H groups in total. The predicted octanol–water partition coefficient (Wildman–Crippen LogP) is 2.79. The number of nitrogens with one attached hydrogen (secondary N) is 1. The van der Waals surface area contributed by atoms with E-state index in [9.17, 15) is 0 Å². The first-order valence-corrected chi connectivity index (χ1v) is 7.59. The first-order valence-electron chi connectivity index (χ1n) is 7.59. The van der Waals surface area contributed by atoms with Crippen LogP contribution in [0.1, 0.15) is 50.9 Å². The number of aryl methyl sites for hydroxylation is 2. The molecule has 1 aliphatic rings. The highest BCUT2D eigenvalue weighted by molar-refractivity contribution is 5.10. The van der Waals surface area contributed by atoms with Crippen LogP contribution in [-0.4, -0.2) is 22.9 Å². The molecule has 18 heavy (non-hydrogen) atoms. The van der Waals surface area contributed by atoms with Crippen LogP contribution in [0.4, 0.5) is 0 Å². The number of aromatic nitrogens is 2. The Kier molecular flexibility index (Phi) is 5.24. The molecule has 3 heteroatoms. The second-order valence-corrected chi connectivity index (χ2v) is 5.41. The van der Waals surface area contributed by atoms with Gasteiger partial charge in [0.2, 0.25) is 0 Å². The topological polar surface area (TPSA) is 29.9 Å². The molecule has 0 aromatic carbocycles. The Morgan fingerprint density at radius 3 is 2.72 bits per heavy atom. The van der Waals surface area contributed by atoms with Gasteiger partial charge in [0.15, 0.2) is 0 Å². The first kappa shape index (κ1) is 13.6. The van der Waals surface area contributed by atoms with Crippen LogP contribution in [0.5, 0.6) is 0 Å². The van der Waals surface area contributed by atoms with Crippen LogP contribution < -0.4 is 5.32 Å². The van der Waals surface area contributed by atoms with Crippen molar-refractivity contribution >= 4 is 0 Å². The molecule has 0 saturated heterocycles. The molecule has 2 rings (SSSR count). The highest BCUT2D eigenvalue weighted by Gasteiger charge is 2.14. The minimum Gasteiger partial charge on any atom is -0.315 e. The average Bonchev–Trinajstić information content (AvgIpc) is 3.03. The molecule has 0 amide bonds. The summed E-state index contributed by atoms with van der Waals surface area (Å²) in [5.41, 5.74) is 2.59. The summed E-state index contributed by atoms with van der Waals surface area (Å²) in [6.45, 7) is 7.64. The molecule has 102 valence electrons. The average molecular weight is 249 g/mol. The van der Waals surface area contributed by atoms with Crippen molar-refractivity contribution in [1.29, 1.82) is 0 Å². The molecule has 1 saturated carbocycles. The van der Waals surface area contributed by atoms with E-state index in [0.717, 1.165) is 31.8 Å². The summed E-state index contributed by atoms with van der Waals surface area (Å²) in [6.07, 6.45) is 7.84. The fraction of sp³-hybridized carbons (Fsp3) is 0.800. The molecule has 0 unspecified atom stereocenters. The second-order valence-electron chi connectivity index (χ2n) is 5.41. The van der Waals surface area contributed by atoms with Crippen molar-refractivity contribution in [3.05, 3.63) is 17.5 Å². The molecule has 3 nitrogen and oxygen atoms in total. The Hall–Kier alpha value is -0.830. The van der Waals surface area contributed by atoms with E-state index >= 15 is 0 Å². The van der Waals surface area contributed by atoms with Gasteiger partial charge in [-0.2, -0.15) is 5.10 Å². The van der Waals surface area contributed by atoms with Crippen LogP contribution in [-0.2, 0) is 19.4 Å². The monoisotopic (exact) mass is 249 g/mol. The number of rotatable bonds is 7. The van der Waals surface area contributed by atoms with Crippen molar-refractivity contribution in [2.45, 2.75) is 58.9 Å². The zero-order valence-electron chi connectivity index (χ0n) is 11.9. The largest absolute Gasteiger partial charge is 0.315 e. The normalized spacial score (nSPS) is 16.6. The molecule has 1 aromatic heterocycles. The van der Waals surface area contributed by atoms with Crippen molar-refractivity contribution in [3.63, 3.8) is 0 Å². The van der Waals surface area contributed by atoms with Gasteiger partial charge in [-0.25, -0.2) is 0 Å². The van der Waals surface area contributed by atoms with Gasteiger partial charge in [0.1, 0.15) is 0 Å². The van der Waals surface area contributed by atoms with Gasteiger partial charge in [-0.05, 0) is 44.2 Å². The Bertz CT molecular complexity index is 351. The van der Waals surface area contributed by atoms with Crippen LogP contribution in [0.3, 0.4) is 0 Å². The highest BCUT2D eigenvalue weighted by Crippen LogP contribution is 2.23. The molecule has 0 atom stereocenters. The molecule has 0 spiro atoms. The van der Waals surface area contributed by atoms with Gasteiger partial charge >= 0.3 is 0 Å². The maximum Gasteiger partial charge on any atom is 0.0624 e. The van der Waals surface area contributed by atoms with E-state index in [1.54, 1.807) is 0 Å². The Balaban J connectivity index is 1.73. The SMILES string of the molecule is CCc1cc(CC)n(CCNCC2CCCC2)n1. The van der Waals surface area contributed by atoms with Crippen molar-refractivity contribution in [2.75, 3.05) is 13.1 Å². The molecular weight excluding hydrogens is 222 g/mol. The lowest BCUT2D eigenvalue weighted by atomic mass is 10.1. The van der Waals surface area contributed by atoms with Gasteiger partial charge in [0, 0.05) is 12.2 Å². The van der Waals surface area contributed by atoms with E-state index < -0.39 is 0 Å². The summed E-state index contributed by atoms with van der Waals surface area (Å²) in [7, 11) is 0. The van der Waals surface area contributed by atoms with Gasteiger partial charge in [-0.1, -0.05) is 26.7 Å². The smallest absolute Gasteiger partial charge is 0.0624 e. The van der Waals surface area contributed by atoms with Crippen LogP contribution in [0.15, 0.2) is 6.07 Å². The fourth-order valence-electron chi connectivity index (χ4n) is 2.87. The summed E-state index contributed by atoms with van der Waals surface area (Å²) >= 11 is 0. The maximum absolute atomic E-state index is 4.65. The standard InChI is InChI=1S/C15H27N3/c1-3-14-11-15(4-2)18(17-14)10-9-16-12-13-7-5-6-8-13/h11,13,16H,3-10,12H2,1-2H3. The minimum absolute atomic E-state index is 0.930. The summed E-state index contributed by atoms with van der Waals surface area (Å²) in [5.74, 6) is 0.930. The molecule has 1 aliphatic carbocycles. The summed E-state index contributed by atoms with van der Waals surface area (Å²) < 4.78 is 2.18. The molecule has 1 fully saturated rings. The predicted molar refractivity (Wildman–Crippen MR) is 75.8 cm³/mol. The number of nitrogens with zero attached hydrogens (tertiary/aromatic N) is 2. The molecule has 0 aliphatic heterocycles. The van der Waals surface area contributed by atoms with Crippen molar-refractivity contribution < 1.29 is 0 Å². The summed E-state index contributed by atoms with van der Waals surface area (Å²) in [6, 6.07) is 2.25. The van der Waals surface area contributed by atoms with Crippen LogP contribution in [0, 0.1) is 5.92 Å². The van der Waals surface area contributed by atoms with E-state index in [2.05, 4.69) is 35.0 Å². The van der Waals surface area contributed by atoms with E-state index in [-0.39, 0.29) is 0 Å². The zero-order valence-corrected chi connectivity index (χ0v) is 11.9. The Morgan fingerprint density at radius 2 is 2.06 bits per heavy atom. The number of hydrogen-bond acceptors (Lipinski definition) is 2. The molecule has 1 aromatic rings. The van der Waals surface area contributed by atoms with E-state index in [1.807, 2.05) is 0 Å². The fourth-order valence-corrected chi connectivity index (χ4v) is 2.87. The minimum atomic E-state index is 0.930. The summed E-state index contributed by atoms with van der Waals surface area (Å²) in [5, 5.41) is 8.24. The lowest BCUT2D eigenvalue weighted by molar-refractivity contribution is 0.462. The van der Waals surface area contributed by atoms with Gasteiger partial charge in [-0.3, -0.25) is 4.68 Å². The number of hydrogen-bond donors (Lipinski definition) is 1. The van der Waals surface area contributed by atoms with Crippen LogP contribution in [0.2, 0.25) is 0 Å². The first-order chi connectivity index (χ1) is 8.83. The summed E-state index contributed by atoms with van der Waals surface area (Å²) in [4.78, 5) is 0. The van der Waals surface area contributed by atoms with Gasteiger partial charge in [0.05, 0.1) is 12.2 Å². The lowest BCUT2D eigenvalue weighted by Gasteiger charge is -2.11. The molecule has 0 radical (unpaired) electrons. The zero-order chi connectivity index (χ0) is 12.8. The van der Waals surface area contributed by atoms with E-state index in [4.69, 9.17) is 0 Å². The molecule has 1 heterocycles. The third-order valence-electron chi connectivity index (χ3n) is 4.05.